The topological polar surface area (TPSA) is 3.24 Å². The van der Waals surface area contributed by atoms with Crippen molar-refractivity contribution in [3.63, 3.8) is 0 Å². The van der Waals surface area contributed by atoms with E-state index in [9.17, 15) is 0 Å². The predicted molar refractivity (Wildman–Crippen MR) is 75.2 cm³/mol. The number of nitrogens with zero attached hydrogens (tertiary/aromatic N) is 1. The molecule has 0 amide bonds. The van der Waals surface area contributed by atoms with Crippen LogP contribution < -0.4 is 0 Å². The fraction of sp³-hybridized carbons (Fsp3) is 0.538. The Morgan fingerprint density at radius 1 is 1.29 bits per heavy atom. The van der Waals surface area contributed by atoms with Gasteiger partial charge in [0.2, 0.25) is 0 Å². The first-order chi connectivity index (χ1) is 8.13. The largest absolute Gasteiger partial charge is 0.295 e. The minimum absolute atomic E-state index is 0.434. The van der Waals surface area contributed by atoms with E-state index in [4.69, 9.17) is 34.8 Å². The maximum absolute atomic E-state index is 6.19. The Morgan fingerprint density at radius 2 is 1.94 bits per heavy atom. The van der Waals surface area contributed by atoms with Crippen molar-refractivity contribution in [2.24, 2.45) is 5.92 Å². The zero-order valence-corrected chi connectivity index (χ0v) is 12.1. The maximum atomic E-state index is 6.19. The molecule has 1 nitrogen and oxygen atoms in total. The molecule has 1 saturated heterocycles. The Bertz CT molecular complexity index is 374. The Morgan fingerprint density at radius 3 is 2.53 bits per heavy atom. The summed E-state index contributed by atoms with van der Waals surface area (Å²) in [7, 11) is 0. The van der Waals surface area contributed by atoms with E-state index in [0.717, 1.165) is 28.7 Å². The molecule has 4 heteroatoms. The monoisotopic (exact) mass is 291 g/mol. The van der Waals surface area contributed by atoms with Gasteiger partial charge in [0, 0.05) is 34.1 Å². The predicted octanol–water partition coefficient (Wildman–Crippen LogP) is 4.44. The molecular weight excluding hydrogens is 277 g/mol. The first kappa shape index (κ1) is 13.5. The molecule has 17 heavy (non-hydrogen) atoms. The number of hydrogen-bond acceptors (Lipinski definition) is 1. The van der Waals surface area contributed by atoms with Crippen LogP contribution in [0.15, 0.2) is 18.2 Å². The highest BCUT2D eigenvalue weighted by Crippen LogP contribution is 2.31. The number of hydrogen-bond donors (Lipinski definition) is 0. The molecule has 0 N–H and O–H groups in total. The average molecular weight is 293 g/mol. The molecule has 0 spiro atoms. The molecular formula is C13H16Cl3N. The molecule has 1 aromatic rings. The van der Waals surface area contributed by atoms with Crippen LogP contribution in [-0.4, -0.2) is 23.4 Å². The Labute approximate surface area is 118 Å². The van der Waals surface area contributed by atoms with Crippen molar-refractivity contribution in [1.82, 2.24) is 4.90 Å². The van der Waals surface area contributed by atoms with Crippen molar-refractivity contribution in [1.29, 1.82) is 0 Å². The van der Waals surface area contributed by atoms with Crippen LogP contribution in [-0.2, 0) is 6.54 Å². The van der Waals surface area contributed by atoms with Crippen LogP contribution in [0.3, 0.4) is 0 Å². The summed E-state index contributed by atoms with van der Waals surface area (Å²) in [5, 5.41) is 1.48. The SMILES string of the molecule is CC1CCN(Cc2c(Cl)cccc2Cl)C1CCl. The summed E-state index contributed by atoms with van der Waals surface area (Å²) in [5.41, 5.74) is 1.01. The average Bonchev–Trinajstić information content (AvgIpc) is 2.64. The smallest absolute Gasteiger partial charge is 0.0465 e. The summed E-state index contributed by atoms with van der Waals surface area (Å²) in [6.45, 7) is 4.11. The molecule has 94 valence electrons. The van der Waals surface area contributed by atoms with Crippen molar-refractivity contribution in [3.05, 3.63) is 33.8 Å². The molecule has 1 aromatic carbocycles. The number of benzene rings is 1. The lowest BCUT2D eigenvalue weighted by Crippen LogP contribution is -2.33. The molecule has 0 bridgehead atoms. The second kappa shape index (κ2) is 5.79. The lowest BCUT2D eigenvalue weighted by atomic mass is 10.0. The van der Waals surface area contributed by atoms with E-state index in [2.05, 4.69) is 11.8 Å². The summed E-state index contributed by atoms with van der Waals surface area (Å²) in [6.07, 6.45) is 1.19. The van der Waals surface area contributed by atoms with Crippen LogP contribution in [0.25, 0.3) is 0 Å². The first-order valence-corrected chi connectivity index (χ1v) is 7.15. The quantitative estimate of drug-likeness (QED) is 0.744. The van der Waals surface area contributed by atoms with Crippen molar-refractivity contribution < 1.29 is 0 Å². The molecule has 2 unspecified atom stereocenters. The second-order valence-corrected chi connectivity index (χ2v) is 5.78. The summed E-state index contributed by atoms with van der Waals surface area (Å²) in [5.74, 6) is 1.32. The van der Waals surface area contributed by atoms with Gasteiger partial charge in [-0.25, -0.2) is 0 Å². The van der Waals surface area contributed by atoms with Gasteiger partial charge in [0.25, 0.3) is 0 Å². The zero-order chi connectivity index (χ0) is 12.4. The number of alkyl halides is 1. The molecule has 0 aromatic heterocycles. The van der Waals surface area contributed by atoms with Gasteiger partial charge in [0.1, 0.15) is 0 Å². The minimum atomic E-state index is 0.434. The molecule has 2 atom stereocenters. The van der Waals surface area contributed by atoms with Gasteiger partial charge in [-0.15, -0.1) is 11.6 Å². The highest BCUT2D eigenvalue weighted by atomic mass is 35.5. The van der Waals surface area contributed by atoms with Crippen LogP contribution in [0.2, 0.25) is 10.0 Å². The molecule has 1 aliphatic heterocycles. The van der Waals surface area contributed by atoms with Gasteiger partial charge in [-0.1, -0.05) is 36.2 Å². The molecule has 2 rings (SSSR count). The van der Waals surface area contributed by atoms with Crippen molar-refractivity contribution in [2.45, 2.75) is 25.9 Å². The van der Waals surface area contributed by atoms with E-state index < -0.39 is 0 Å². The van der Waals surface area contributed by atoms with E-state index in [0.29, 0.717) is 17.8 Å². The van der Waals surface area contributed by atoms with E-state index in [1.165, 1.54) is 6.42 Å². The first-order valence-electron chi connectivity index (χ1n) is 5.86. The van der Waals surface area contributed by atoms with E-state index in [1.54, 1.807) is 0 Å². The van der Waals surface area contributed by atoms with Crippen LogP contribution in [0, 0.1) is 5.92 Å². The van der Waals surface area contributed by atoms with Crippen LogP contribution in [0.4, 0.5) is 0 Å². The maximum Gasteiger partial charge on any atom is 0.0465 e. The van der Waals surface area contributed by atoms with Gasteiger partial charge >= 0.3 is 0 Å². The number of halogens is 3. The van der Waals surface area contributed by atoms with E-state index in [-0.39, 0.29) is 0 Å². The lowest BCUT2D eigenvalue weighted by Gasteiger charge is -2.25. The number of rotatable bonds is 3. The third-order valence-electron chi connectivity index (χ3n) is 3.58. The second-order valence-electron chi connectivity index (χ2n) is 4.66. The summed E-state index contributed by atoms with van der Waals surface area (Å²) >= 11 is 18.4. The Kier molecular flexibility index (Phi) is 4.59. The van der Waals surface area contributed by atoms with Crippen LogP contribution in [0.5, 0.6) is 0 Å². The fourth-order valence-electron chi connectivity index (χ4n) is 2.42. The highest BCUT2D eigenvalue weighted by Gasteiger charge is 2.30. The summed E-state index contributed by atoms with van der Waals surface area (Å²) < 4.78 is 0. The zero-order valence-electron chi connectivity index (χ0n) is 9.80. The van der Waals surface area contributed by atoms with E-state index >= 15 is 0 Å². The highest BCUT2D eigenvalue weighted by molar-refractivity contribution is 6.35. The van der Waals surface area contributed by atoms with Crippen molar-refractivity contribution in [3.8, 4) is 0 Å². The van der Waals surface area contributed by atoms with Crippen LogP contribution >= 0.6 is 34.8 Å². The van der Waals surface area contributed by atoms with Gasteiger partial charge in [-0.2, -0.15) is 0 Å². The van der Waals surface area contributed by atoms with E-state index in [1.807, 2.05) is 18.2 Å². The molecule has 0 radical (unpaired) electrons. The lowest BCUT2D eigenvalue weighted by molar-refractivity contribution is 0.242. The van der Waals surface area contributed by atoms with Crippen LogP contribution in [0.1, 0.15) is 18.9 Å². The molecule has 0 aliphatic carbocycles. The fourth-order valence-corrected chi connectivity index (χ4v) is 3.44. The standard InChI is InChI=1S/C13H16Cl3N/c1-9-5-6-17(13(9)7-14)8-10-11(15)3-2-4-12(10)16/h2-4,9,13H,5-8H2,1H3. The molecule has 1 fully saturated rings. The van der Waals surface area contributed by atoms with Crippen molar-refractivity contribution in [2.75, 3.05) is 12.4 Å². The molecule has 1 heterocycles. The number of likely N-dealkylation sites (tertiary alicyclic amines) is 1. The Hall–Kier alpha value is 0.0500. The Balaban J connectivity index is 2.16. The third kappa shape index (κ3) is 2.90. The molecule has 0 saturated carbocycles. The van der Waals surface area contributed by atoms with Gasteiger partial charge in [-0.05, 0) is 31.0 Å². The summed E-state index contributed by atoms with van der Waals surface area (Å²) in [6, 6.07) is 6.08. The van der Waals surface area contributed by atoms with Crippen molar-refractivity contribution >= 4 is 34.8 Å². The third-order valence-corrected chi connectivity index (χ3v) is 4.60. The van der Waals surface area contributed by atoms with Gasteiger partial charge in [-0.3, -0.25) is 4.90 Å². The van der Waals surface area contributed by atoms with Gasteiger partial charge in [0.15, 0.2) is 0 Å². The van der Waals surface area contributed by atoms with Gasteiger partial charge in [0.05, 0.1) is 0 Å². The van der Waals surface area contributed by atoms with Gasteiger partial charge < -0.3 is 0 Å². The molecule has 1 aliphatic rings. The normalized spacial score (nSPS) is 25.4. The summed E-state index contributed by atoms with van der Waals surface area (Å²) in [4.78, 5) is 2.38. The minimum Gasteiger partial charge on any atom is -0.295 e.